The first-order valence-electron chi connectivity index (χ1n) is 6.02. The van der Waals surface area contributed by atoms with Crippen molar-refractivity contribution in [2.24, 2.45) is 0 Å². The minimum Gasteiger partial charge on any atom is -0.481 e. The topological polar surface area (TPSA) is 90.0 Å². The van der Waals surface area contributed by atoms with E-state index in [1.165, 1.54) is 9.80 Å². The molecule has 0 spiro atoms. The highest BCUT2D eigenvalue weighted by atomic mass is 16.4. The number of carboxylic acids is 1. The number of piperazine rings is 1. The summed E-state index contributed by atoms with van der Waals surface area (Å²) in [6, 6.07) is -0.786. The highest BCUT2D eigenvalue weighted by Crippen LogP contribution is 2.08. The smallest absolute Gasteiger partial charge is 0.320 e. The number of rotatable bonds is 4. The first-order valence-corrected chi connectivity index (χ1v) is 6.02. The van der Waals surface area contributed by atoms with Gasteiger partial charge in [-0.05, 0) is 13.8 Å². The average molecular weight is 257 g/mol. The second kappa shape index (κ2) is 6.23. The molecule has 0 aromatic rings. The van der Waals surface area contributed by atoms with E-state index < -0.39 is 12.0 Å². The van der Waals surface area contributed by atoms with Gasteiger partial charge in [-0.3, -0.25) is 9.59 Å². The summed E-state index contributed by atoms with van der Waals surface area (Å²) in [5, 5.41) is 11.3. The van der Waals surface area contributed by atoms with E-state index in [0.717, 1.165) is 0 Å². The molecule has 1 rings (SSSR count). The Labute approximate surface area is 106 Å². The largest absolute Gasteiger partial charge is 0.481 e. The summed E-state index contributed by atoms with van der Waals surface area (Å²) in [6.07, 6.45) is -0.0893. The monoisotopic (exact) mass is 257 g/mol. The third-order valence-corrected chi connectivity index (χ3v) is 2.99. The summed E-state index contributed by atoms with van der Waals surface area (Å²) in [6.45, 7) is 4.93. The van der Waals surface area contributed by atoms with Crippen LogP contribution >= 0.6 is 0 Å². The van der Waals surface area contributed by atoms with Crippen LogP contribution in [0.1, 0.15) is 20.3 Å². The molecule has 0 bridgehead atoms. The van der Waals surface area contributed by atoms with E-state index in [4.69, 9.17) is 5.11 Å². The van der Waals surface area contributed by atoms with Gasteiger partial charge in [0.15, 0.2) is 0 Å². The number of hydrogen-bond acceptors (Lipinski definition) is 3. The highest BCUT2D eigenvalue weighted by molar-refractivity contribution is 5.88. The fourth-order valence-electron chi connectivity index (χ4n) is 1.85. The third-order valence-electron chi connectivity index (χ3n) is 2.99. The van der Waals surface area contributed by atoms with Crippen molar-refractivity contribution in [3.63, 3.8) is 0 Å². The van der Waals surface area contributed by atoms with Gasteiger partial charge in [-0.1, -0.05) is 0 Å². The molecule has 18 heavy (non-hydrogen) atoms. The lowest BCUT2D eigenvalue weighted by Crippen LogP contribution is -2.59. The minimum atomic E-state index is -0.939. The number of amides is 3. The predicted molar refractivity (Wildman–Crippen MR) is 64.1 cm³/mol. The number of urea groups is 1. The van der Waals surface area contributed by atoms with Crippen molar-refractivity contribution >= 4 is 17.9 Å². The van der Waals surface area contributed by atoms with Crippen molar-refractivity contribution in [3.05, 3.63) is 0 Å². The summed E-state index contributed by atoms with van der Waals surface area (Å²) >= 11 is 0. The van der Waals surface area contributed by atoms with Crippen molar-refractivity contribution in [2.75, 3.05) is 26.2 Å². The van der Waals surface area contributed by atoms with Gasteiger partial charge in [0.2, 0.25) is 5.91 Å². The summed E-state index contributed by atoms with van der Waals surface area (Å²) < 4.78 is 0. The standard InChI is InChI=1S/C11H19N3O4/c1-3-13(6-4-9(15)16)11(18)14-7-5-12-10(17)8(14)2/h8H,3-7H2,1-2H3,(H,12,17)(H,15,16). The maximum absolute atomic E-state index is 12.2. The molecule has 0 aromatic carbocycles. The molecule has 1 atom stereocenters. The quantitative estimate of drug-likeness (QED) is 0.725. The van der Waals surface area contributed by atoms with Crippen molar-refractivity contribution in [1.29, 1.82) is 0 Å². The minimum absolute atomic E-state index is 0.0893. The molecule has 102 valence electrons. The Kier molecular flexibility index (Phi) is 4.94. The van der Waals surface area contributed by atoms with Crippen LogP contribution in [0, 0.1) is 0 Å². The summed E-state index contributed by atoms with van der Waals surface area (Å²) in [5.74, 6) is -1.12. The molecule has 7 nitrogen and oxygen atoms in total. The second-order valence-corrected chi connectivity index (χ2v) is 4.17. The van der Waals surface area contributed by atoms with E-state index in [9.17, 15) is 14.4 Å². The Morgan fingerprint density at radius 3 is 2.78 bits per heavy atom. The Morgan fingerprint density at radius 2 is 2.22 bits per heavy atom. The zero-order chi connectivity index (χ0) is 13.7. The van der Waals surface area contributed by atoms with Crippen LogP contribution in [0.4, 0.5) is 4.79 Å². The van der Waals surface area contributed by atoms with Crippen molar-refractivity contribution in [2.45, 2.75) is 26.3 Å². The number of nitrogens with one attached hydrogen (secondary N) is 1. The molecule has 1 unspecified atom stereocenters. The van der Waals surface area contributed by atoms with Gasteiger partial charge < -0.3 is 20.2 Å². The normalized spacial score (nSPS) is 19.3. The maximum atomic E-state index is 12.2. The van der Waals surface area contributed by atoms with Crippen molar-refractivity contribution in [1.82, 2.24) is 15.1 Å². The lowest BCUT2D eigenvalue weighted by atomic mass is 10.2. The van der Waals surface area contributed by atoms with Crippen LogP contribution in [-0.2, 0) is 9.59 Å². The van der Waals surface area contributed by atoms with Crippen LogP contribution < -0.4 is 5.32 Å². The number of nitrogens with zero attached hydrogens (tertiary/aromatic N) is 2. The fraction of sp³-hybridized carbons (Fsp3) is 0.727. The van der Waals surface area contributed by atoms with Gasteiger partial charge in [0.05, 0.1) is 6.42 Å². The summed E-state index contributed by atoms with van der Waals surface area (Å²) in [5.41, 5.74) is 0. The van der Waals surface area contributed by atoms with Gasteiger partial charge in [-0.25, -0.2) is 4.79 Å². The Balaban J connectivity index is 2.64. The van der Waals surface area contributed by atoms with E-state index in [-0.39, 0.29) is 24.9 Å². The van der Waals surface area contributed by atoms with E-state index in [2.05, 4.69) is 5.32 Å². The zero-order valence-corrected chi connectivity index (χ0v) is 10.7. The number of carbonyl (C=O) groups excluding carboxylic acids is 2. The van der Waals surface area contributed by atoms with Crippen LogP contribution in [0.15, 0.2) is 0 Å². The SMILES string of the molecule is CCN(CCC(=O)O)C(=O)N1CCNC(=O)C1C. The molecule has 1 aliphatic heterocycles. The molecule has 1 heterocycles. The number of aliphatic carboxylic acids is 1. The Bertz CT molecular complexity index is 345. The number of carboxylic acid groups (broad SMARTS) is 1. The van der Waals surface area contributed by atoms with Gasteiger partial charge in [-0.2, -0.15) is 0 Å². The van der Waals surface area contributed by atoms with Crippen LogP contribution in [0.25, 0.3) is 0 Å². The van der Waals surface area contributed by atoms with Gasteiger partial charge in [0.25, 0.3) is 0 Å². The average Bonchev–Trinajstić information content (AvgIpc) is 2.32. The molecule has 2 N–H and O–H groups in total. The lowest BCUT2D eigenvalue weighted by Gasteiger charge is -2.36. The first-order chi connectivity index (χ1) is 8.47. The molecule has 0 aliphatic carbocycles. The number of hydrogen-bond donors (Lipinski definition) is 2. The Hall–Kier alpha value is -1.79. The molecule has 7 heteroatoms. The van der Waals surface area contributed by atoms with Gasteiger partial charge in [0, 0.05) is 26.2 Å². The molecular formula is C11H19N3O4. The van der Waals surface area contributed by atoms with Crippen LogP contribution in [-0.4, -0.2) is 65.0 Å². The maximum Gasteiger partial charge on any atom is 0.320 e. The predicted octanol–water partition coefficient (Wildman–Crippen LogP) is -0.277. The molecule has 1 aliphatic rings. The molecule has 1 fully saturated rings. The van der Waals surface area contributed by atoms with E-state index >= 15 is 0 Å². The molecule has 3 amide bonds. The molecule has 0 aromatic heterocycles. The van der Waals surface area contributed by atoms with Crippen molar-refractivity contribution < 1.29 is 19.5 Å². The molecule has 0 radical (unpaired) electrons. The van der Waals surface area contributed by atoms with Crippen molar-refractivity contribution in [3.8, 4) is 0 Å². The highest BCUT2D eigenvalue weighted by Gasteiger charge is 2.31. The van der Waals surface area contributed by atoms with Gasteiger partial charge >= 0.3 is 12.0 Å². The van der Waals surface area contributed by atoms with Crippen LogP contribution in [0.2, 0.25) is 0 Å². The van der Waals surface area contributed by atoms with Gasteiger partial charge in [-0.15, -0.1) is 0 Å². The van der Waals surface area contributed by atoms with Crippen LogP contribution in [0.3, 0.4) is 0 Å². The van der Waals surface area contributed by atoms with E-state index in [0.29, 0.717) is 19.6 Å². The summed E-state index contributed by atoms with van der Waals surface area (Å²) in [4.78, 5) is 37.1. The van der Waals surface area contributed by atoms with E-state index in [1.54, 1.807) is 13.8 Å². The number of carbonyl (C=O) groups is 3. The molecular weight excluding hydrogens is 238 g/mol. The lowest BCUT2D eigenvalue weighted by molar-refractivity contribution is -0.137. The van der Waals surface area contributed by atoms with Gasteiger partial charge in [0.1, 0.15) is 6.04 Å². The molecule has 0 saturated carbocycles. The zero-order valence-electron chi connectivity index (χ0n) is 10.7. The molecule has 1 saturated heterocycles. The van der Waals surface area contributed by atoms with Crippen LogP contribution in [0.5, 0.6) is 0 Å². The Morgan fingerprint density at radius 1 is 1.56 bits per heavy atom. The first kappa shape index (κ1) is 14.3. The fourth-order valence-corrected chi connectivity index (χ4v) is 1.85. The summed E-state index contributed by atoms with van der Waals surface area (Å²) in [7, 11) is 0. The third kappa shape index (κ3) is 3.35. The van der Waals surface area contributed by atoms with E-state index in [1.807, 2.05) is 0 Å². The second-order valence-electron chi connectivity index (χ2n) is 4.17.